The van der Waals surface area contributed by atoms with Crippen molar-refractivity contribution < 1.29 is 0 Å². The van der Waals surface area contributed by atoms with E-state index in [1.54, 1.807) is 11.3 Å². The van der Waals surface area contributed by atoms with Crippen molar-refractivity contribution in [3.05, 3.63) is 97.3 Å². The molecule has 0 radical (unpaired) electrons. The molecule has 32 heavy (non-hydrogen) atoms. The average molecular weight is 429 g/mol. The van der Waals surface area contributed by atoms with Gasteiger partial charge in [0.05, 0.1) is 26.9 Å². The van der Waals surface area contributed by atoms with Crippen LogP contribution in [0.5, 0.6) is 0 Å². The number of fused-ring (bicyclic) bond motifs is 6. The zero-order valence-corrected chi connectivity index (χ0v) is 17.8. The largest absolute Gasteiger partial charge is 0.278 e. The fraction of sp³-hybridized carbons (Fsp3) is 0. The van der Waals surface area contributed by atoms with Gasteiger partial charge in [-0.3, -0.25) is 9.55 Å². The van der Waals surface area contributed by atoms with Crippen molar-refractivity contribution in [2.75, 3.05) is 0 Å². The number of aromatic nitrogens is 4. The highest BCUT2D eigenvalue weighted by atomic mass is 32.1. The van der Waals surface area contributed by atoms with Gasteiger partial charge in [-0.2, -0.15) is 0 Å². The molecule has 0 aliphatic heterocycles. The van der Waals surface area contributed by atoms with Gasteiger partial charge in [-0.15, -0.1) is 11.3 Å². The van der Waals surface area contributed by atoms with Crippen molar-refractivity contribution >= 4 is 53.4 Å². The minimum absolute atomic E-state index is 0.685. The summed E-state index contributed by atoms with van der Waals surface area (Å²) in [5.74, 6) is 0.685. The maximum absolute atomic E-state index is 5.14. The molecular formula is C27H16N4S. The minimum atomic E-state index is 0.685. The minimum Gasteiger partial charge on any atom is -0.278 e. The Hall–Kier alpha value is -4.09. The van der Waals surface area contributed by atoms with Gasteiger partial charge in [0.2, 0.25) is 5.95 Å². The first-order valence-electron chi connectivity index (χ1n) is 10.5. The lowest BCUT2D eigenvalue weighted by molar-refractivity contribution is 1.02. The number of benzene rings is 3. The van der Waals surface area contributed by atoms with Crippen LogP contribution in [0.2, 0.25) is 0 Å². The second-order valence-electron chi connectivity index (χ2n) is 7.75. The lowest BCUT2D eigenvalue weighted by Crippen LogP contribution is -2.02. The summed E-state index contributed by atoms with van der Waals surface area (Å²) in [6.45, 7) is 0. The average Bonchev–Trinajstić information content (AvgIpc) is 3.40. The molecule has 4 nitrogen and oxygen atoms in total. The van der Waals surface area contributed by atoms with E-state index in [4.69, 9.17) is 9.97 Å². The van der Waals surface area contributed by atoms with Gasteiger partial charge in [0.1, 0.15) is 0 Å². The molecule has 0 atom stereocenters. The Morgan fingerprint density at radius 3 is 1.97 bits per heavy atom. The molecule has 4 aromatic heterocycles. The molecule has 5 heteroatoms. The topological polar surface area (TPSA) is 43.6 Å². The van der Waals surface area contributed by atoms with Crippen molar-refractivity contribution in [1.82, 2.24) is 19.5 Å². The van der Waals surface area contributed by atoms with Crippen molar-refractivity contribution in [2.24, 2.45) is 0 Å². The van der Waals surface area contributed by atoms with Gasteiger partial charge in [-0.1, -0.05) is 54.6 Å². The lowest BCUT2D eigenvalue weighted by atomic mass is 10.1. The molecule has 4 heterocycles. The van der Waals surface area contributed by atoms with Crippen molar-refractivity contribution in [3.8, 4) is 17.2 Å². The van der Waals surface area contributed by atoms with E-state index in [0.717, 1.165) is 37.9 Å². The highest BCUT2D eigenvalue weighted by Crippen LogP contribution is 2.39. The summed E-state index contributed by atoms with van der Waals surface area (Å²) in [5, 5.41) is 3.56. The van der Waals surface area contributed by atoms with E-state index < -0.39 is 0 Å². The Morgan fingerprint density at radius 2 is 1.25 bits per heavy atom. The Bertz CT molecular complexity index is 1730. The Balaban J connectivity index is 1.66. The Labute approximate surface area is 187 Å². The third kappa shape index (κ3) is 2.46. The monoisotopic (exact) mass is 428 g/mol. The molecule has 0 aliphatic rings. The van der Waals surface area contributed by atoms with Gasteiger partial charge in [-0.25, -0.2) is 9.97 Å². The highest BCUT2D eigenvalue weighted by molar-refractivity contribution is 7.26. The molecule has 150 valence electrons. The molecular weight excluding hydrogens is 412 g/mol. The predicted octanol–water partition coefficient (Wildman–Crippen LogP) is 7.00. The van der Waals surface area contributed by atoms with Crippen LogP contribution < -0.4 is 0 Å². The molecule has 0 unspecified atom stereocenters. The Kier molecular flexibility index (Phi) is 3.68. The fourth-order valence-electron chi connectivity index (χ4n) is 4.52. The van der Waals surface area contributed by atoms with Crippen LogP contribution in [0.4, 0.5) is 0 Å². The molecule has 0 amide bonds. The summed E-state index contributed by atoms with van der Waals surface area (Å²) in [6, 6.07) is 29.4. The van der Waals surface area contributed by atoms with Gasteiger partial charge in [0, 0.05) is 38.8 Å². The van der Waals surface area contributed by atoms with E-state index in [1.807, 2.05) is 24.5 Å². The molecule has 7 rings (SSSR count). The third-order valence-electron chi connectivity index (χ3n) is 5.94. The van der Waals surface area contributed by atoms with E-state index in [2.05, 4.69) is 82.3 Å². The SMILES string of the molecule is c1ccc2c(c1)sc1c(-c3ccncc3)nc(-n3c4ccccc4c4ccccc43)nc12. The van der Waals surface area contributed by atoms with Crippen molar-refractivity contribution in [1.29, 1.82) is 0 Å². The third-order valence-corrected chi connectivity index (χ3v) is 7.11. The van der Waals surface area contributed by atoms with Gasteiger partial charge in [0.15, 0.2) is 0 Å². The number of rotatable bonds is 2. The van der Waals surface area contributed by atoms with Crippen LogP contribution in [0.25, 0.3) is 59.3 Å². The quantitative estimate of drug-likeness (QED) is 0.298. The van der Waals surface area contributed by atoms with Crippen LogP contribution in [-0.4, -0.2) is 19.5 Å². The molecule has 0 spiro atoms. The van der Waals surface area contributed by atoms with E-state index in [-0.39, 0.29) is 0 Å². The van der Waals surface area contributed by atoms with Crippen LogP contribution in [0.3, 0.4) is 0 Å². The number of hydrogen-bond donors (Lipinski definition) is 0. The summed E-state index contributed by atoms with van der Waals surface area (Å²) in [4.78, 5) is 14.5. The molecule has 0 N–H and O–H groups in total. The van der Waals surface area contributed by atoms with Crippen LogP contribution in [0.1, 0.15) is 0 Å². The smallest absolute Gasteiger partial charge is 0.235 e. The number of para-hydroxylation sites is 2. The molecule has 3 aromatic carbocycles. The summed E-state index contributed by atoms with van der Waals surface area (Å²) in [7, 11) is 0. The molecule has 0 fully saturated rings. The second-order valence-corrected chi connectivity index (χ2v) is 8.81. The first-order chi connectivity index (χ1) is 15.9. The van der Waals surface area contributed by atoms with E-state index in [1.165, 1.54) is 15.5 Å². The van der Waals surface area contributed by atoms with E-state index in [9.17, 15) is 0 Å². The summed E-state index contributed by atoms with van der Waals surface area (Å²) < 4.78 is 4.50. The van der Waals surface area contributed by atoms with Crippen LogP contribution in [-0.2, 0) is 0 Å². The molecule has 0 aliphatic carbocycles. The van der Waals surface area contributed by atoms with E-state index in [0.29, 0.717) is 5.95 Å². The van der Waals surface area contributed by atoms with Crippen molar-refractivity contribution in [3.63, 3.8) is 0 Å². The van der Waals surface area contributed by atoms with Crippen LogP contribution in [0.15, 0.2) is 97.3 Å². The number of thiophene rings is 1. The summed E-state index contributed by atoms with van der Waals surface area (Å²) in [6.07, 6.45) is 3.63. The van der Waals surface area contributed by atoms with Gasteiger partial charge in [-0.05, 0) is 30.3 Å². The first kappa shape index (κ1) is 17.6. The first-order valence-corrected chi connectivity index (χ1v) is 11.3. The van der Waals surface area contributed by atoms with Crippen LogP contribution in [0, 0.1) is 0 Å². The number of nitrogens with zero attached hydrogens (tertiary/aromatic N) is 4. The number of hydrogen-bond acceptors (Lipinski definition) is 4. The summed E-state index contributed by atoms with van der Waals surface area (Å²) in [5.41, 5.74) is 5.18. The van der Waals surface area contributed by atoms with E-state index >= 15 is 0 Å². The number of pyridine rings is 1. The van der Waals surface area contributed by atoms with Gasteiger partial charge < -0.3 is 0 Å². The zero-order chi connectivity index (χ0) is 21.1. The predicted molar refractivity (Wildman–Crippen MR) is 132 cm³/mol. The lowest BCUT2D eigenvalue weighted by Gasteiger charge is -2.09. The normalized spacial score (nSPS) is 11.8. The standard InChI is InChI=1S/C27H16N4S/c1-4-10-21-18(7-1)19-8-2-5-11-22(19)31(21)27-29-24(17-13-15-28-16-14-17)26-25(30-27)20-9-3-6-12-23(20)32-26/h1-16H. The second kappa shape index (κ2) is 6.70. The van der Waals surface area contributed by atoms with Gasteiger partial charge in [0.25, 0.3) is 0 Å². The van der Waals surface area contributed by atoms with Crippen LogP contribution >= 0.6 is 11.3 Å². The fourth-order valence-corrected chi connectivity index (χ4v) is 5.68. The van der Waals surface area contributed by atoms with Crippen molar-refractivity contribution in [2.45, 2.75) is 0 Å². The molecule has 0 saturated carbocycles. The maximum atomic E-state index is 5.14. The zero-order valence-electron chi connectivity index (χ0n) is 16.9. The highest BCUT2D eigenvalue weighted by Gasteiger charge is 2.19. The molecule has 0 saturated heterocycles. The molecule has 0 bridgehead atoms. The van der Waals surface area contributed by atoms with Gasteiger partial charge >= 0.3 is 0 Å². The summed E-state index contributed by atoms with van der Waals surface area (Å²) >= 11 is 1.74. The maximum Gasteiger partial charge on any atom is 0.235 e. The molecule has 7 aromatic rings. The Morgan fingerprint density at radius 1 is 0.625 bits per heavy atom.